The van der Waals surface area contributed by atoms with Crippen LogP contribution in [0.15, 0.2) is 11.6 Å². The van der Waals surface area contributed by atoms with E-state index in [1.165, 1.54) is 5.57 Å². The second-order valence-corrected chi connectivity index (χ2v) is 16.5. The van der Waals surface area contributed by atoms with Gasteiger partial charge >= 0.3 is 16.4 Å². The second-order valence-electron chi connectivity index (χ2n) is 15.4. The molecule has 38 heavy (non-hydrogen) atoms. The number of rotatable bonds is 4. The SMILES string of the molecule is CC1(C)CC[C@]2(C(=O)O)CC[C@]3(C)C(=CC[C@@H]4[C@@]5(C)CCC(O)[C@@](C)(COS(=O)(=O)O)[C@@H]5CC[C@]43C)[C@@H]2C1. The number of fused-ring (bicyclic) bond motifs is 7. The summed E-state index contributed by atoms with van der Waals surface area (Å²) in [6, 6.07) is 0. The highest BCUT2D eigenvalue weighted by Gasteiger charge is 2.69. The number of carboxylic acids is 1. The van der Waals surface area contributed by atoms with Crippen LogP contribution >= 0.6 is 0 Å². The van der Waals surface area contributed by atoms with Crippen molar-refractivity contribution in [2.75, 3.05) is 6.61 Å². The molecule has 0 saturated heterocycles. The van der Waals surface area contributed by atoms with Gasteiger partial charge in [0, 0.05) is 5.41 Å². The van der Waals surface area contributed by atoms with Gasteiger partial charge in [0.1, 0.15) is 0 Å². The molecule has 8 heteroatoms. The Morgan fingerprint density at radius 1 is 0.974 bits per heavy atom. The minimum absolute atomic E-state index is 0.0261. The average Bonchev–Trinajstić information content (AvgIpc) is 2.80. The lowest BCUT2D eigenvalue weighted by Gasteiger charge is -2.71. The lowest BCUT2D eigenvalue weighted by atomic mass is 9.33. The van der Waals surface area contributed by atoms with Gasteiger partial charge in [0.2, 0.25) is 0 Å². The quantitative estimate of drug-likeness (QED) is 0.287. The summed E-state index contributed by atoms with van der Waals surface area (Å²) in [6.45, 7) is 13.4. The fraction of sp³-hybridized carbons (Fsp3) is 0.900. The Labute approximate surface area is 228 Å². The third-order valence-corrected chi connectivity index (χ3v) is 13.8. The molecule has 5 rings (SSSR count). The van der Waals surface area contributed by atoms with E-state index in [9.17, 15) is 28.0 Å². The van der Waals surface area contributed by atoms with E-state index in [1.54, 1.807) is 0 Å². The van der Waals surface area contributed by atoms with Crippen LogP contribution in [0.25, 0.3) is 0 Å². The monoisotopic (exact) mass is 552 g/mol. The summed E-state index contributed by atoms with van der Waals surface area (Å²) in [4.78, 5) is 12.8. The molecule has 216 valence electrons. The van der Waals surface area contributed by atoms with Crippen LogP contribution in [0.2, 0.25) is 0 Å². The van der Waals surface area contributed by atoms with Crippen molar-refractivity contribution >= 4 is 16.4 Å². The summed E-state index contributed by atoms with van der Waals surface area (Å²) < 4.78 is 37.2. The van der Waals surface area contributed by atoms with E-state index in [1.807, 2.05) is 6.92 Å². The zero-order valence-corrected chi connectivity index (χ0v) is 24.9. The van der Waals surface area contributed by atoms with Crippen molar-refractivity contribution in [1.29, 1.82) is 0 Å². The van der Waals surface area contributed by atoms with E-state index in [0.29, 0.717) is 12.3 Å². The first kappa shape index (κ1) is 28.6. The third kappa shape index (κ3) is 3.82. The van der Waals surface area contributed by atoms with E-state index >= 15 is 0 Å². The zero-order valence-electron chi connectivity index (χ0n) is 24.0. The Bertz CT molecular complexity index is 1150. The summed E-state index contributed by atoms with van der Waals surface area (Å²) in [5.41, 5.74) is -0.201. The summed E-state index contributed by atoms with van der Waals surface area (Å²) in [7, 11) is -4.61. The Balaban J connectivity index is 1.55. The van der Waals surface area contributed by atoms with E-state index in [4.69, 9.17) is 4.18 Å². The van der Waals surface area contributed by atoms with Gasteiger partial charge in [-0.25, -0.2) is 4.18 Å². The fourth-order valence-electron chi connectivity index (χ4n) is 10.8. The molecule has 0 aromatic rings. The molecule has 0 spiro atoms. The van der Waals surface area contributed by atoms with Gasteiger partial charge in [-0.3, -0.25) is 9.35 Å². The van der Waals surface area contributed by atoms with Crippen molar-refractivity contribution in [1.82, 2.24) is 0 Å². The number of aliphatic hydroxyl groups excluding tert-OH is 1. The third-order valence-electron chi connectivity index (χ3n) is 13.4. The standard InChI is InChI=1S/C30H48O7S/c1-25(2)13-15-30(24(32)33)16-14-28(5)19(20(30)17-25)7-8-22-26(3)11-10-23(31)27(4,18-37-38(34,35)36)21(26)9-12-29(22,28)6/h7,20-23,31H,8-18H2,1-6H3,(H,32,33)(H,34,35,36)/t20-,21+,22+,23?,26-,27-,28+,29+,30-/m0/s1. The molecule has 0 aromatic carbocycles. The molecular formula is C30H48O7S. The van der Waals surface area contributed by atoms with Gasteiger partial charge in [0.15, 0.2) is 0 Å². The van der Waals surface area contributed by atoms with Crippen LogP contribution in [0.5, 0.6) is 0 Å². The minimum atomic E-state index is -4.61. The molecule has 0 radical (unpaired) electrons. The average molecular weight is 553 g/mol. The first-order valence-electron chi connectivity index (χ1n) is 14.6. The summed E-state index contributed by atoms with van der Waals surface area (Å²) >= 11 is 0. The zero-order chi connectivity index (χ0) is 28.2. The Hall–Kier alpha value is -0.960. The van der Waals surface area contributed by atoms with Crippen molar-refractivity contribution in [2.45, 2.75) is 112 Å². The number of allylic oxidation sites excluding steroid dienone is 2. The summed E-state index contributed by atoms with van der Waals surface area (Å²) in [5, 5.41) is 21.6. The maximum Gasteiger partial charge on any atom is 0.397 e. The Morgan fingerprint density at radius 3 is 2.26 bits per heavy atom. The topological polar surface area (TPSA) is 121 Å². The van der Waals surface area contributed by atoms with Gasteiger partial charge in [-0.1, -0.05) is 53.2 Å². The predicted molar refractivity (Wildman–Crippen MR) is 145 cm³/mol. The fourth-order valence-corrected chi connectivity index (χ4v) is 11.2. The summed E-state index contributed by atoms with van der Waals surface area (Å²) in [6.07, 6.45) is 10.0. The molecule has 3 N–H and O–H groups in total. The molecule has 5 aliphatic carbocycles. The highest BCUT2D eigenvalue weighted by molar-refractivity contribution is 7.80. The first-order chi connectivity index (χ1) is 17.3. The van der Waals surface area contributed by atoms with Gasteiger partial charge in [-0.2, -0.15) is 8.42 Å². The van der Waals surface area contributed by atoms with Crippen LogP contribution in [0, 0.1) is 50.2 Å². The van der Waals surface area contributed by atoms with Gasteiger partial charge in [0.25, 0.3) is 0 Å². The molecule has 0 bridgehead atoms. The molecule has 0 aliphatic heterocycles. The molecular weight excluding hydrogens is 504 g/mol. The van der Waals surface area contributed by atoms with Crippen molar-refractivity contribution in [3.05, 3.63) is 11.6 Å². The Morgan fingerprint density at radius 2 is 1.63 bits per heavy atom. The van der Waals surface area contributed by atoms with Crippen LogP contribution in [0.4, 0.5) is 0 Å². The van der Waals surface area contributed by atoms with Gasteiger partial charge in [-0.05, 0) is 104 Å². The van der Waals surface area contributed by atoms with Crippen LogP contribution in [-0.2, 0) is 19.4 Å². The molecule has 0 amide bonds. The van der Waals surface area contributed by atoms with Gasteiger partial charge < -0.3 is 10.2 Å². The van der Waals surface area contributed by atoms with Crippen molar-refractivity contribution in [3.8, 4) is 0 Å². The number of aliphatic carboxylic acids is 1. The maximum absolute atomic E-state index is 12.8. The number of carboxylic acid groups (broad SMARTS) is 1. The molecule has 7 nitrogen and oxygen atoms in total. The van der Waals surface area contributed by atoms with E-state index < -0.39 is 33.3 Å². The normalized spacial score (nSPS) is 50.1. The molecule has 1 unspecified atom stereocenters. The van der Waals surface area contributed by atoms with Crippen LogP contribution in [0.1, 0.15) is 106 Å². The van der Waals surface area contributed by atoms with E-state index in [0.717, 1.165) is 57.8 Å². The van der Waals surface area contributed by atoms with Crippen LogP contribution in [0.3, 0.4) is 0 Å². The molecule has 9 atom stereocenters. The van der Waals surface area contributed by atoms with E-state index in [-0.39, 0.29) is 40.1 Å². The lowest BCUT2D eigenvalue weighted by Crippen LogP contribution is -2.66. The number of hydrogen-bond donors (Lipinski definition) is 3. The smallest absolute Gasteiger partial charge is 0.397 e. The number of carbonyl (C=O) groups is 1. The minimum Gasteiger partial charge on any atom is -0.481 e. The molecule has 4 saturated carbocycles. The largest absolute Gasteiger partial charge is 0.481 e. The molecule has 5 aliphatic rings. The van der Waals surface area contributed by atoms with Gasteiger partial charge in [0.05, 0.1) is 18.1 Å². The van der Waals surface area contributed by atoms with Crippen LogP contribution in [-0.4, -0.2) is 41.9 Å². The highest BCUT2D eigenvalue weighted by Crippen LogP contribution is 2.75. The lowest BCUT2D eigenvalue weighted by molar-refractivity contribution is -0.215. The highest BCUT2D eigenvalue weighted by atomic mass is 32.3. The second kappa shape index (κ2) is 8.53. The number of aliphatic hydroxyl groups is 1. The molecule has 4 fully saturated rings. The van der Waals surface area contributed by atoms with E-state index in [2.05, 4.69) is 40.7 Å². The summed E-state index contributed by atoms with van der Waals surface area (Å²) in [5.74, 6) is -0.186. The Kier molecular flexibility index (Phi) is 6.41. The van der Waals surface area contributed by atoms with Crippen LogP contribution < -0.4 is 0 Å². The van der Waals surface area contributed by atoms with Gasteiger partial charge in [-0.15, -0.1) is 0 Å². The first-order valence-corrected chi connectivity index (χ1v) is 16.0. The van der Waals surface area contributed by atoms with Crippen molar-refractivity contribution in [3.63, 3.8) is 0 Å². The molecule has 0 heterocycles. The maximum atomic E-state index is 12.8. The predicted octanol–water partition coefficient (Wildman–Crippen LogP) is 6.03. The molecule has 0 aromatic heterocycles. The number of hydrogen-bond acceptors (Lipinski definition) is 5. The van der Waals surface area contributed by atoms with Crippen molar-refractivity contribution < 1.29 is 32.2 Å². The van der Waals surface area contributed by atoms with Crippen molar-refractivity contribution in [2.24, 2.45) is 50.2 Å².